The summed E-state index contributed by atoms with van der Waals surface area (Å²) < 4.78 is 17.5. The van der Waals surface area contributed by atoms with Crippen LogP contribution in [0.2, 0.25) is 0 Å². The summed E-state index contributed by atoms with van der Waals surface area (Å²) in [4.78, 5) is 25.5. The molecule has 2 aliphatic rings. The Kier molecular flexibility index (Phi) is 5.11. The van der Waals surface area contributed by atoms with Gasteiger partial charge < -0.3 is 19.1 Å². The quantitative estimate of drug-likeness (QED) is 0.387. The molecule has 0 saturated carbocycles. The minimum absolute atomic E-state index is 0.0202. The summed E-state index contributed by atoms with van der Waals surface area (Å²) in [6, 6.07) is 10.6. The van der Waals surface area contributed by atoms with E-state index in [1.807, 2.05) is 49.1 Å². The first-order chi connectivity index (χ1) is 15.1. The summed E-state index contributed by atoms with van der Waals surface area (Å²) in [5.41, 5.74) is 0.707. The van der Waals surface area contributed by atoms with E-state index in [1.54, 1.807) is 19.9 Å². The van der Waals surface area contributed by atoms with Gasteiger partial charge in [-0.2, -0.15) is 0 Å². The van der Waals surface area contributed by atoms with Crippen molar-refractivity contribution < 1.29 is 23.9 Å². The molecule has 0 fully saturated rings. The number of hydrogen-bond acceptors (Lipinski definition) is 7. The molecule has 0 radical (unpaired) electrons. The minimum atomic E-state index is -1.07. The molecular formula is C24H26N2O6. The van der Waals surface area contributed by atoms with Gasteiger partial charge in [0.25, 0.3) is 5.69 Å². The van der Waals surface area contributed by atoms with Crippen LogP contribution in [0.25, 0.3) is 6.08 Å². The highest BCUT2D eigenvalue weighted by molar-refractivity contribution is 5.82. The maximum Gasteiger partial charge on any atom is 0.325 e. The molecule has 2 heterocycles. The number of nitro benzene ring substituents is 1. The van der Waals surface area contributed by atoms with Crippen molar-refractivity contribution in [2.75, 3.05) is 18.6 Å². The summed E-state index contributed by atoms with van der Waals surface area (Å²) in [5.74, 6) is 0.281. The van der Waals surface area contributed by atoms with Gasteiger partial charge in [0.15, 0.2) is 11.5 Å². The number of ether oxygens (including phenoxy) is 3. The van der Waals surface area contributed by atoms with E-state index in [0.29, 0.717) is 11.3 Å². The topological polar surface area (TPSA) is 91.1 Å². The number of para-hydroxylation sites is 1. The second-order valence-electron chi connectivity index (χ2n) is 8.72. The van der Waals surface area contributed by atoms with Crippen LogP contribution in [0.4, 0.5) is 11.4 Å². The second kappa shape index (κ2) is 7.55. The zero-order valence-electron chi connectivity index (χ0n) is 18.7. The number of nitro groups is 1. The first-order valence-corrected chi connectivity index (χ1v) is 10.4. The van der Waals surface area contributed by atoms with Crippen molar-refractivity contribution >= 4 is 23.4 Å². The number of nitrogens with zero attached hydrogens (tertiary/aromatic N) is 2. The Labute approximate surface area is 186 Å². The third-order valence-electron chi connectivity index (χ3n) is 6.06. The maximum atomic E-state index is 12.7. The third-order valence-corrected chi connectivity index (χ3v) is 6.06. The SMILES string of the molecule is COc1cc([N+](=O)[O-])cc2c1OC1(C=C2)N(CC(=O)OC(C)C)c2ccccc2C1(C)C. The number of anilines is 1. The average molecular weight is 438 g/mol. The standard InChI is InChI=1S/C24H26N2O6/c1-15(2)31-21(27)14-25-19-9-7-6-8-18(19)23(3,4)24(25)11-10-16-12-17(26(28)29)13-20(30-5)22(16)32-24/h6-13,15H,14H2,1-5H3. The van der Waals surface area contributed by atoms with Crippen molar-refractivity contribution in [3.05, 3.63) is 63.7 Å². The van der Waals surface area contributed by atoms with Gasteiger partial charge in [-0.1, -0.05) is 18.2 Å². The van der Waals surface area contributed by atoms with Gasteiger partial charge in [0, 0.05) is 17.3 Å². The molecule has 0 aliphatic carbocycles. The highest BCUT2D eigenvalue weighted by atomic mass is 16.6. The number of non-ortho nitro benzene ring substituents is 1. The fourth-order valence-corrected chi connectivity index (χ4v) is 4.55. The van der Waals surface area contributed by atoms with Crippen LogP contribution >= 0.6 is 0 Å². The molecule has 2 aliphatic heterocycles. The molecule has 0 N–H and O–H groups in total. The van der Waals surface area contributed by atoms with Crippen molar-refractivity contribution in [1.82, 2.24) is 0 Å². The third kappa shape index (κ3) is 3.18. The number of hydrogen-bond donors (Lipinski definition) is 0. The fourth-order valence-electron chi connectivity index (χ4n) is 4.55. The molecule has 1 atom stereocenters. The molecule has 2 aromatic rings. The molecule has 0 saturated heterocycles. The molecule has 0 aromatic heterocycles. The van der Waals surface area contributed by atoms with E-state index < -0.39 is 16.1 Å². The Bertz CT molecular complexity index is 1120. The minimum Gasteiger partial charge on any atom is -0.493 e. The van der Waals surface area contributed by atoms with Gasteiger partial charge in [-0.05, 0) is 51.5 Å². The number of carbonyl (C=O) groups excluding carboxylic acids is 1. The fraction of sp³-hybridized carbons (Fsp3) is 0.375. The number of rotatable bonds is 5. The highest BCUT2D eigenvalue weighted by Crippen LogP contribution is 2.56. The Morgan fingerprint density at radius 1 is 1.25 bits per heavy atom. The largest absolute Gasteiger partial charge is 0.493 e. The smallest absolute Gasteiger partial charge is 0.325 e. The molecule has 0 bridgehead atoms. The molecule has 168 valence electrons. The van der Waals surface area contributed by atoms with Crippen LogP contribution in [0.15, 0.2) is 42.5 Å². The first-order valence-electron chi connectivity index (χ1n) is 10.4. The van der Waals surface area contributed by atoms with Crippen molar-refractivity contribution in [1.29, 1.82) is 0 Å². The molecular weight excluding hydrogens is 412 g/mol. The lowest BCUT2D eigenvalue weighted by Crippen LogP contribution is -2.60. The van der Waals surface area contributed by atoms with Crippen LogP contribution in [-0.4, -0.2) is 36.4 Å². The number of carbonyl (C=O) groups is 1. The Morgan fingerprint density at radius 2 is 1.97 bits per heavy atom. The lowest BCUT2D eigenvalue weighted by Gasteiger charge is -2.46. The number of fused-ring (bicyclic) bond motifs is 2. The van der Waals surface area contributed by atoms with Crippen LogP contribution < -0.4 is 14.4 Å². The van der Waals surface area contributed by atoms with Crippen molar-refractivity contribution in [3.8, 4) is 11.5 Å². The summed E-state index contributed by atoms with van der Waals surface area (Å²) in [6.07, 6.45) is 3.41. The number of esters is 1. The maximum absolute atomic E-state index is 12.7. The molecule has 1 spiro atoms. The Balaban J connectivity index is 1.86. The highest BCUT2D eigenvalue weighted by Gasteiger charge is 2.59. The molecule has 32 heavy (non-hydrogen) atoms. The van der Waals surface area contributed by atoms with Gasteiger partial charge in [-0.25, -0.2) is 0 Å². The van der Waals surface area contributed by atoms with Gasteiger partial charge in [-0.15, -0.1) is 0 Å². The van der Waals surface area contributed by atoms with Crippen LogP contribution in [0.3, 0.4) is 0 Å². The lowest BCUT2D eigenvalue weighted by molar-refractivity contribution is -0.385. The Hall–Kier alpha value is -3.55. The lowest BCUT2D eigenvalue weighted by atomic mass is 9.76. The summed E-state index contributed by atoms with van der Waals surface area (Å²) in [6.45, 7) is 7.69. The molecule has 1 unspecified atom stereocenters. The number of benzene rings is 2. The summed E-state index contributed by atoms with van der Waals surface area (Å²) >= 11 is 0. The van der Waals surface area contributed by atoms with Gasteiger partial charge >= 0.3 is 5.97 Å². The monoisotopic (exact) mass is 438 g/mol. The van der Waals surface area contributed by atoms with E-state index >= 15 is 0 Å². The van der Waals surface area contributed by atoms with E-state index in [0.717, 1.165) is 11.3 Å². The molecule has 8 nitrogen and oxygen atoms in total. The van der Waals surface area contributed by atoms with E-state index in [2.05, 4.69) is 0 Å². The van der Waals surface area contributed by atoms with E-state index in [1.165, 1.54) is 19.2 Å². The van der Waals surface area contributed by atoms with E-state index in [4.69, 9.17) is 14.2 Å². The number of methoxy groups -OCH3 is 1. The van der Waals surface area contributed by atoms with Crippen LogP contribution in [0.1, 0.15) is 38.8 Å². The zero-order valence-corrected chi connectivity index (χ0v) is 18.7. The second-order valence-corrected chi connectivity index (χ2v) is 8.72. The van der Waals surface area contributed by atoms with Crippen LogP contribution in [0, 0.1) is 10.1 Å². The zero-order chi connectivity index (χ0) is 23.3. The Morgan fingerprint density at radius 3 is 2.62 bits per heavy atom. The molecule has 2 aromatic carbocycles. The molecule has 4 rings (SSSR count). The predicted octanol–water partition coefficient (Wildman–Crippen LogP) is 4.45. The van der Waals surface area contributed by atoms with Crippen LogP contribution in [0.5, 0.6) is 11.5 Å². The van der Waals surface area contributed by atoms with Crippen molar-refractivity contribution in [2.24, 2.45) is 0 Å². The van der Waals surface area contributed by atoms with Crippen LogP contribution in [-0.2, 0) is 14.9 Å². The van der Waals surface area contributed by atoms with Gasteiger partial charge in [0.1, 0.15) is 6.54 Å². The van der Waals surface area contributed by atoms with Crippen molar-refractivity contribution in [2.45, 2.75) is 44.9 Å². The predicted molar refractivity (Wildman–Crippen MR) is 120 cm³/mol. The van der Waals surface area contributed by atoms with E-state index in [9.17, 15) is 14.9 Å². The van der Waals surface area contributed by atoms with E-state index in [-0.39, 0.29) is 30.1 Å². The van der Waals surface area contributed by atoms with Gasteiger partial charge in [-0.3, -0.25) is 14.9 Å². The average Bonchev–Trinajstić information content (AvgIpc) is 2.91. The van der Waals surface area contributed by atoms with Gasteiger partial charge in [0.2, 0.25) is 5.72 Å². The molecule has 8 heteroatoms. The van der Waals surface area contributed by atoms with Crippen molar-refractivity contribution in [3.63, 3.8) is 0 Å². The van der Waals surface area contributed by atoms with Gasteiger partial charge in [0.05, 0.1) is 29.6 Å². The summed E-state index contributed by atoms with van der Waals surface area (Å²) in [5, 5.41) is 11.3. The first kappa shape index (κ1) is 21.7. The summed E-state index contributed by atoms with van der Waals surface area (Å²) in [7, 11) is 1.44. The molecule has 0 amide bonds. The normalized spacial score (nSPS) is 20.0.